The molecule has 8 rings (SSSR count). The number of rotatable bonds is 4. The van der Waals surface area contributed by atoms with Crippen molar-refractivity contribution in [2.45, 2.75) is 0 Å². The quantitative estimate of drug-likeness (QED) is 0.230. The van der Waals surface area contributed by atoms with E-state index in [2.05, 4.69) is 131 Å². The van der Waals surface area contributed by atoms with Crippen LogP contribution in [0, 0.1) is 0 Å². The normalized spacial score (nSPS) is 11.4. The number of nitrogens with zero attached hydrogens (tertiary/aromatic N) is 3. The molecule has 8 aromatic rings. The van der Waals surface area contributed by atoms with Gasteiger partial charge in [0.1, 0.15) is 0 Å². The van der Waals surface area contributed by atoms with Gasteiger partial charge in [-0.05, 0) is 52.6 Å². The molecule has 0 amide bonds. The maximum atomic E-state index is 4.73. The fraction of sp³-hybridized carbons (Fsp3) is 0. The smallest absolute Gasteiger partial charge is 0.159 e. The first-order valence-electron chi connectivity index (χ1n) is 13.8. The summed E-state index contributed by atoms with van der Waals surface area (Å²) < 4.78 is 2.35. The Morgan fingerprint density at radius 1 is 0.415 bits per heavy atom. The van der Waals surface area contributed by atoms with Crippen LogP contribution in [0.4, 0.5) is 0 Å². The van der Waals surface area contributed by atoms with Gasteiger partial charge in [-0.15, -0.1) is 0 Å². The Balaban J connectivity index is 1.06. The molecule has 2 heterocycles. The van der Waals surface area contributed by atoms with Gasteiger partial charge in [-0.1, -0.05) is 115 Å². The second-order valence-corrected chi connectivity index (χ2v) is 10.3. The molecule has 2 aromatic heterocycles. The molecular weight excluding hydrogens is 498 g/mol. The fourth-order valence-corrected chi connectivity index (χ4v) is 5.78. The van der Waals surface area contributed by atoms with Crippen molar-refractivity contribution < 1.29 is 0 Å². The maximum absolute atomic E-state index is 4.73. The number of para-hydroxylation sites is 3. The molecule has 0 spiro atoms. The van der Waals surface area contributed by atoms with E-state index in [1.165, 1.54) is 49.7 Å². The van der Waals surface area contributed by atoms with Gasteiger partial charge < -0.3 is 4.57 Å². The zero-order valence-corrected chi connectivity index (χ0v) is 22.3. The minimum Gasteiger partial charge on any atom is -0.309 e. The summed E-state index contributed by atoms with van der Waals surface area (Å²) in [6.45, 7) is 0. The second-order valence-electron chi connectivity index (χ2n) is 10.3. The summed E-state index contributed by atoms with van der Waals surface area (Å²) in [5, 5.41) is 3.61. The highest BCUT2D eigenvalue weighted by atomic mass is 15.0. The predicted molar refractivity (Wildman–Crippen MR) is 170 cm³/mol. The van der Waals surface area contributed by atoms with Crippen LogP contribution in [0.25, 0.3) is 72.0 Å². The van der Waals surface area contributed by atoms with E-state index in [1.54, 1.807) is 0 Å². The van der Waals surface area contributed by atoms with Crippen LogP contribution in [0.1, 0.15) is 0 Å². The number of hydrogen-bond donors (Lipinski definition) is 0. The lowest BCUT2D eigenvalue weighted by molar-refractivity contribution is 1.18. The Hall–Kier alpha value is -5.54. The molecule has 0 saturated heterocycles. The van der Waals surface area contributed by atoms with E-state index in [9.17, 15) is 0 Å². The zero-order chi connectivity index (χ0) is 27.2. The van der Waals surface area contributed by atoms with Crippen molar-refractivity contribution in [2.75, 3.05) is 0 Å². The third kappa shape index (κ3) is 4.07. The van der Waals surface area contributed by atoms with Crippen LogP contribution in [-0.4, -0.2) is 14.5 Å². The van der Waals surface area contributed by atoms with Gasteiger partial charge in [0.2, 0.25) is 0 Å². The average Bonchev–Trinajstić information content (AvgIpc) is 3.39. The first-order chi connectivity index (χ1) is 20.3. The standard InChI is InChI=1S/C38H25N3/c1-4-10-35-31(7-1)25-39-38(40-35)30-19-17-28(18-20-30)26-13-15-27(16-14-26)29-21-23-32(24-22-29)41-36-11-5-2-8-33(36)34-9-3-6-12-37(34)41/h1-25H. The molecule has 0 saturated carbocycles. The van der Waals surface area contributed by atoms with Gasteiger partial charge >= 0.3 is 0 Å². The first-order valence-corrected chi connectivity index (χ1v) is 13.8. The number of fused-ring (bicyclic) bond motifs is 4. The van der Waals surface area contributed by atoms with E-state index in [0.717, 1.165) is 22.3 Å². The van der Waals surface area contributed by atoms with E-state index in [-0.39, 0.29) is 0 Å². The molecule has 41 heavy (non-hydrogen) atoms. The molecule has 0 aliphatic rings. The van der Waals surface area contributed by atoms with Gasteiger partial charge in [0, 0.05) is 33.6 Å². The van der Waals surface area contributed by atoms with Gasteiger partial charge in [-0.3, -0.25) is 0 Å². The highest BCUT2D eigenvalue weighted by molar-refractivity contribution is 6.09. The number of hydrogen-bond acceptors (Lipinski definition) is 2. The lowest BCUT2D eigenvalue weighted by Crippen LogP contribution is -1.93. The molecule has 0 bridgehead atoms. The van der Waals surface area contributed by atoms with E-state index in [0.29, 0.717) is 0 Å². The number of benzene rings is 6. The zero-order valence-electron chi connectivity index (χ0n) is 22.3. The van der Waals surface area contributed by atoms with Crippen molar-refractivity contribution in [1.82, 2.24) is 14.5 Å². The van der Waals surface area contributed by atoms with Crippen LogP contribution < -0.4 is 0 Å². The van der Waals surface area contributed by atoms with Crippen molar-refractivity contribution in [3.63, 3.8) is 0 Å². The Morgan fingerprint density at radius 3 is 1.46 bits per heavy atom. The van der Waals surface area contributed by atoms with E-state index in [4.69, 9.17) is 4.98 Å². The highest BCUT2D eigenvalue weighted by Gasteiger charge is 2.11. The Labute approximate surface area is 238 Å². The Morgan fingerprint density at radius 2 is 0.878 bits per heavy atom. The summed E-state index contributed by atoms with van der Waals surface area (Å²) in [6.07, 6.45) is 1.89. The van der Waals surface area contributed by atoms with Gasteiger partial charge in [-0.2, -0.15) is 0 Å². The summed E-state index contributed by atoms with van der Waals surface area (Å²) in [7, 11) is 0. The van der Waals surface area contributed by atoms with E-state index < -0.39 is 0 Å². The average molecular weight is 524 g/mol. The van der Waals surface area contributed by atoms with Crippen LogP contribution in [0.2, 0.25) is 0 Å². The third-order valence-electron chi connectivity index (χ3n) is 7.89. The Kier molecular flexibility index (Phi) is 5.46. The lowest BCUT2D eigenvalue weighted by atomic mass is 9.99. The summed E-state index contributed by atoms with van der Waals surface area (Å²) >= 11 is 0. The minimum atomic E-state index is 0.745. The summed E-state index contributed by atoms with van der Waals surface area (Å²) in [5.41, 5.74) is 10.3. The maximum Gasteiger partial charge on any atom is 0.159 e. The van der Waals surface area contributed by atoms with Gasteiger partial charge in [0.05, 0.1) is 16.6 Å². The molecule has 6 aromatic carbocycles. The molecular formula is C38H25N3. The second kappa shape index (κ2) is 9.58. The molecule has 0 fully saturated rings. The van der Waals surface area contributed by atoms with Crippen molar-refractivity contribution in [1.29, 1.82) is 0 Å². The number of aromatic nitrogens is 3. The predicted octanol–water partition coefficient (Wildman–Crippen LogP) is 9.73. The topological polar surface area (TPSA) is 30.7 Å². The first kappa shape index (κ1) is 23.4. The molecule has 0 radical (unpaired) electrons. The van der Waals surface area contributed by atoms with Gasteiger partial charge in [0.15, 0.2) is 5.82 Å². The third-order valence-corrected chi connectivity index (χ3v) is 7.89. The summed E-state index contributed by atoms with van der Waals surface area (Å²) in [6, 6.07) is 51.4. The molecule has 0 N–H and O–H groups in total. The van der Waals surface area contributed by atoms with Crippen LogP contribution >= 0.6 is 0 Å². The van der Waals surface area contributed by atoms with Crippen LogP contribution in [-0.2, 0) is 0 Å². The van der Waals surface area contributed by atoms with Crippen molar-refractivity contribution in [3.05, 3.63) is 152 Å². The molecule has 0 atom stereocenters. The molecule has 3 nitrogen and oxygen atoms in total. The lowest BCUT2D eigenvalue weighted by Gasteiger charge is -2.10. The monoisotopic (exact) mass is 523 g/mol. The van der Waals surface area contributed by atoms with Crippen molar-refractivity contribution >= 4 is 32.7 Å². The largest absolute Gasteiger partial charge is 0.309 e. The highest BCUT2D eigenvalue weighted by Crippen LogP contribution is 2.33. The SMILES string of the molecule is c1ccc2nc(-c3ccc(-c4ccc(-c5ccc(-n6c7ccccc7c7ccccc76)cc5)cc4)cc3)ncc2c1. The summed E-state index contributed by atoms with van der Waals surface area (Å²) in [4.78, 5) is 9.30. The van der Waals surface area contributed by atoms with Crippen LogP contribution in [0.5, 0.6) is 0 Å². The van der Waals surface area contributed by atoms with Crippen molar-refractivity contribution in [3.8, 4) is 39.3 Å². The Bertz CT molecular complexity index is 2120. The fourth-order valence-electron chi connectivity index (χ4n) is 5.78. The van der Waals surface area contributed by atoms with E-state index >= 15 is 0 Å². The summed E-state index contributed by atoms with van der Waals surface area (Å²) in [5.74, 6) is 0.745. The molecule has 0 aliphatic carbocycles. The molecule has 0 unspecified atom stereocenters. The van der Waals surface area contributed by atoms with Crippen LogP contribution in [0.15, 0.2) is 152 Å². The van der Waals surface area contributed by atoms with Gasteiger partial charge in [-0.25, -0.2) is 9.97 Å². The molecule has 0 aliphatic heterocycles. The molecule has 192 valence electrons. The van der Waals surface area contributed by atoms with E-state index in [1.807, 2.05) is 30.5 Å². The minimum absolute atomic E-state index is 0.745. The van der Waals surface area contributed by atoms with Gasteiger partial charge in [0.25, 0.3) is 0 Å². The molecule has 3 heteroatoms. The van der Waals surface area contributed by atoms with Crippen molar-refractivity contribution in [2.24, 2.45) is 0 Å². The van der Waals surface area contributed by atoms with Crippen LogP contribution in [0.3, 0.4) is 0 Å².